The van der Waals surface area contributed by atoms with Gasteiger partial charge in [0.15, 0.2) is 0 Å². The quantitative estimate of drug-likeness (QED) is 0.740. The predicted molar refractivity (Wildman–Crippen MR) is 58.1 cm³/mol. The molecule has 1 fully saturated rings. The van der Waals surface area contributed by atoms with E-state index in [0.717, 1.165) is 12.8 Å². The first-order valence-corrected chi connectivity index (χ1v) is 5.49. The van der Waals surface area contributed by atoms with Crippen molar-refractivity contribution in [2.75, 3.05) is 14.1 Å². The van der Waals surface area contributed by atoms with Crippen LogP contribution in [0.3, 0.4) is 0 Å². The summed E-state index contributed by atoms with van der Waals surface area (Å²) >= 11 is 0. The fourth-order valence-electron chi connectivity index (χ4n) is 2.21. The molecule has 1 aliphatic carbocycles. The van der Waals surface area contributed by atoms with Crippen molar-refractivity contribution in [2.24, 2.45) is 5.92 Å². The molecule has 82 valence electrons. The molecule has 1 rings (SSSR count). The molecule has 2 atom stereocenters. The van der Waals surface area contributed by atoms with Gasteiger partial charge in [0.05, 0.1) is 5.92 Å². The number of carbonyl (C=O) groups is 1. The molecule has 0 heterocycles. The highest BCUT2D eigenvalue weighted by atomic mass is 16.2. The van der Waals surface area contributed by atoms with Gasteiger partial charge in [-0.25, -0.2) is 0 Å². The van der Waals surface area contributed by atoms with E-state index in [2.05, 4.69) is 19.2 Å². The minimum Gasteiger partial charge on any atom is -0.349 e. The molecule has 1 amide bonds. The molecule has 1 aliphatic rings. The van der Waals surface area contributed by atoms with Gasteiger partial charge in [-0.1, -0.05) is 20.3 Å². The third-order valence-electron chi connectivity index (χ3n) is 2.82. The first-order chi connectivity index (χ1) is 6.52. The van der Waals surface area contributed by atoms with E-state index >= 15 is 0 Å². The Bertz CT molecular complexity index is 201. The number of hydrogen-bond acceptors (Lipinski definition) is 2. The van der Waals surface area contributed by atoms with E-state index in [4.69, 9.17) is 0 Å². The van der Waals surface area contributed by atoms with Crippen LogP contribution in [0.4, 0.5) is 0 Å². The average Bonchev–Trinajstić information content (AvgIpc) is 2.49. The van der Waals surface area contributed by atoms with Crippen molar-refractivity contribution >= 4 is 5.91 Å². The van der Waals surface area contributed by atoms with Crippen LogP contribution >= 0.6 is 0 Å². The second-order valence-corrected chi connectivity index (χ2v) is 4.70. The third kappa shape index (κ3) is 2.71. The molecule has 2 unspecified atom stereocenters. The number of amides is 1. The van der Waals surface area contributed by atoms with Crippen LogP contribution in [0, 0.1) is 5.92 Å². The maximum Gasteiger partial charge on any atom is 0.226 e. The lowest BCUT2D eigenvalue weighted by atomic mass is 10.0. The minimum atomic E-state index is 0.201. The lowest BCUT2D eigenvalue weighted by Crippen LogP contribution is -2.43. The summed E-state index contributed by atoms with van der Waals surface area (Å²) in [6.45, 7) is 4.27. The second kappa shape index (κ2) is 4.78. The van der Waals surface area contributed by atoms with Crippen molar-refractivity contribution in [1.82, 2.24) is 10.2 Å². The molecule has 0 aliphatic heterocycles. The predicted octanol–water partition coefficient (Wildman–Crippen LogP) is 1.24. The zero-order chi connectivity index (χ0) is 10.7. The minimum absolute atomic E-state index is 0.201. The van der Waals surface area contributed by atoms with Gasteiger partial charge in [0.2, 0.25) is 5.91 Å². The van der Waals surface area contributed by atoms with Crippen molar-refractivity contribution in [1.29, 1.82) is 0 Å². The number of nitrogens with one attached hydrogen (secondary N) is 1. The van der Waals surface area contributed by atoms with Gasteiger partial charge in [-0.3, -0.25) is 4.79 Å². The smallest absolute Gasteiger partial charge is 0.226 e. The van der Waals surface area contributed by atoms with E-state index in [-0.39, 0.29) is 11.8 Å². The molecule has 0 aromatic heterocycles. The fourth-order valence-corrected chi connectivity index (χ4v) is 2.21. The Kier molecular flexibility index (Phi) is 3.93. The highest BCUT2D eigenvalue weighted by Crippen LogP contribution is 2.27. The Balaban J connectivity index is 2.55. The summed E-state index contributed by atoms with van der Waals surface area (Å²) in [6.07, 6.45) is 3.36. The lowest BCUT2D eigenvalue weighted by Gasteiger charge is -2.24. The number of rotatable bonds is 3. The van der Waals surface area contributed by atoms with Crippen LogP contribution in [0.25, 0.3) is 0 Å². The normalized spacial score (nSPS) is 26.9. The molecular formula is C11H22N2O. The summed E-state index contributed by atoms with van der Waals surface area (Å²) < 4.78 is 0. The maximum absolute atomic E-state index is 11.8. The molecule has 1 N–H and O–H groups in total. The highest BCUT2D eigenvalue weighted by molar-refractivity contribution is 5.79. The molecule has 1 saturated carbocycles. The highest BCUT2D eigenvalue weighted by Gasteiger charge is 2.33. The van der Waals surface area contributed by atoms with E-state index in [1.807, 2.05) is 14.1 Å². The largest absolute Gasteiger partial charge is 0.349 e. The molecule has 0 aromatic rings. The summed E-state index contributed by atoms with van der Waals surface area (Å²) in [5, 5.41) is 3.48. The molecule has 0 saturated heterocycles. The molecular weight excluding hydrogens is 176 g/mol. The molecule has 14 heavy (non-hydrogen) atoms. The van der Waals surface area contributed by atoms with Crippen molar-refractivity contribution in [2.45, 2.75) is 45.2 Å². The van der Waals surface area contributed by atoms with Gasteiger partial charge in [0, 0.05) is 26.2 Å². The molecule has 0 aromatic carbocycles. The monoisotopic (exact) mass is 198 g/mol. The maximum atomic E-state index is 11.8. The third-order valence-corrected chi connectivity index (χ3v) is 2.82. The lowest BCUT2D eigenvalue weighted by molar-refractivity contribution is -0.133. The molecule has 0 bridgehead atoms. The molecule has 0 radical (unpaired) electrons. The number of carbonyl (C=O) groups excluding carboxylic acids is 1. The first kappa shape index (κ1) is 11.5. The van der Waals surface area contributed by atoms with Crippen LogP contribution in [0.1, 0.15) is 33.1 Å². The van der Waals surface area contributed by atoms with E-state index in [9.17, 15) is 4.79 Å². The van der Waals surface area contributed by atoms with Gasteiger partial charge in [-0.05, 0) is 12.8 Å². The number of hydrogen-bond donors (Lipinski definition) is 1. The van der Waals surface area contributed by atoms with Gasteiger partial charge >= 0.3 is 0 Å². The van der Waals surface area contributed by atoms with Crippen LogP contribution < -0.4 is 5.32 Å². The van der Waals surface area contributed by atoms with E-state index < -0.39 is 0 Å². The number of nitrogens with zero attached hydrogens (tertiary/aromatic N) is 1. The molecule has 3 heteroatoms. The fraction of sp³-hybridized carbons (Fsp3) is 0.909. The zero-order valence-corrected chi connectivity index (χ0v) is 9.71. The van der Waals surface area contributed by atoms with Crippen LogP contribution in [0.5, 0.6) is 0 Å². The van der Waals surface area contributed by atoms with E-state index in [1.165, 1.54) is 6.42 Å². The summed E-state index contributed by atoms with van der Waals surface area (Å²) in [7, 11) is 3.68. The van der Waals surface area contributed by atoms with Crippen LogP contribution in [-0.4, -0.2) is 37.0 Å². The average molecular weight is 198 g/mol. The summed E-state index contributed by atoms with van der Waals surface area (Å²) in [6, 6.07) is 0.862. The Labute approximate surface area is 86.9 Å². The van der Waals surface area contributed by atoms with Crippen LogP contribution in [-0.2, 0) is 4.79 Å². The van der Waals surface area contributed by atoms with Gasteiger partial charge in [0.1, 0.15) is 0 Å². The van der Waals surface area contributed by atoms with Gasteiger partial charge in [-0.15, -0.1) is 0 Å². The second-order valence-electron chi connectivity index (χ2n) is 4.70. The Morgan fingerprint density at radius 2 is 2.00 bits per heavy atom. The molecule has 3 nitrogen and oxygen atoms in total. The van der Waals surface area contributed by atoms with E-state index in [0.29, 0.717) is 12.1 Å². The topological polar surface area (TPSA) is 32.3 Å². The van der Waals surface area contributed by atoms with Crippen LogP contribution in [0.2, 0.25) is 0 Å². The van der Waals surface area contributed by atoms with Gasteiger partial charge in [0.25, 0.3) is 0 Å². The molecule has 0 spiro atoms. The van der Waals surface area contributed by atoms with Crippen molar-refractivity contribution in [3.63, 3.8) is 0 Å². The van der Waals surface area contributed by atoms with Crippen molar-refractivity contribution < 1.29 is 4.79 Å². The van der Waals surface area contributed by atoms with Gasteiger partial charge in [-0.2, -0.15) is 0 Å². The zero-order valence-electron chi connectivity index (χ0n) is 9.71. The SMILES string of the molecule is CC(C)NC1CCCC1C(=O)N(C)C. The Morgan fingerprint density at radius 3 is 2.50 bits per heavy atom. The van der Waals surface area contributed by atoms with Gasteiger partial charge < -0.3 is 10.2 Å². The Morgan fingerprint density at radius 1 is 1.36 bits per heavy atom. The summed E-state index contributed by atoms with van der Waals surface area (Å²) in [5.74, 6) is 0.480. The van der Waals surface area contributed by atoms with E-state index in [1.54, 1.807) is 4.90 Å². The van der Waals surface area contributed by atoms with Crippen molar-refractivity contribution in [3.8, 4) is 0 Å². The summed E-state index contributed by atoms with van der Waals surface area (Å²) in [5.41, 5.74) is 0. The summed E-state index contributed by atoms with van der Waals surface area (Å²) in [4.78, 5) is 13.5. The first-order valence-electron chi connectivity index (χ1n) is 5.49. The Hall–Kier alpha value is -0.570. The van der Waals surface area contributed by atoms with Crippen LogP contribution in [0.15, 0.2) is 0 Å². The van der Waals surface area contributed by atoms with Crippen molar-refractivity contribution in [3.05, 3.63) is 0 Å². The standard InChI is InChI=1S/C11H22N2O/c1-8(2)12-10-7-5-6-9(10)11(14)13(3)4/h8-10,12H,5-7H2,1-4H3.